The topological polar surface area (TPSA) is 18.5 Å². The Hall–Kier alpha value is -4.33. The number of hydrogen-bond donors (Lipinski definition) is 0. The molecule has 0 spiro atoms. The van der Waals surface area contributed by atoms with Gasteiger partial charge in [-0.2, -0.15) is 0 Å². The summed E-state index contributed by atoms with van der Waals surface area (Å²) in [5.74, 6) is 0. The molecule has 0 heterocycles. The van der Waals surface area contributed by atoms with Crippen molar-refractivity contribution in [2.75, 3.05) is 0 Å². The van der Waals surface area contributed by atoms with E-state index in [0.29, 0.717) is 0 Å². The Balaban J connectivity index is 1.41. The average molecular weight is 691 g/mol. The summed E-state index contributed by atoms with van der Waals surface area (Å²) in [6.07, 6.45) is 0. The van der Waals surface area contributed by atoms with Crippen molar-refractivity contribution in [1.29, 1.82) is 0 Å². The minimum Gasteiger partial charge on any atom is -0.230 e. The Bertz CT molecular complexity index is 1750. The third-order valence-corrected chi connectivity index (χ3v) is 21.2. The molecule has 2 nitrogen and oxygen atoms in total. The zero-order chi connectivity index (χ0) is 35.2. The molecule has 0 N–H and O–H groups in total. The first kappa shape index (κ1) is 35.5. The van der Waals surface area contributed by atoms with Gasteiger partial charge in [0.05, 0.1) is 11.2 Å². The molecule has 50 heavy (non-hydrogen) atoms. The summed E-state index contributed by atoms with van der Waals surface area (Å²) in [6, 6.07) is 63.8. The first-order chi connectivity index (χ1) is 24.1. The third kappa shape index (κ3) is 7.26. The quantitative estimate of drug-likeness (QED) is 0.0543. The summed E-state index contributed by atoms with van der Waals surface area (Å²) in [7, 11) is -5.22. The minimum absolute atomic E-state index is 0.607. The molecule has 0 radical (unpaired) electrons. The van der Waals surface area contributed by atoms with Gasteiger partial charge in [0.25, 0.3) is 0 Å². The fourth-order valence-corrected chi connectivity index (χ4v) is 19.2. The highest BCUT2D eigenvalue weighted by Gasteiger charge is 2.48. The molecule has 0 bridgehead atoms. The van der Waals surface area contributed by atoms with Crippen LogP contribution in [-0.4, -0.2) is 27.3 Å². The molecule has 0 saturated heterocycles. The van der Waals surface area contributed by atoms with Gasteiger partial charge in [-0.15, -0.1) is 0 Å². The van der Waals surface area contributed by atoms with Gasteiger partial charge >= 0.3 is 0 Å². The molecule has 6 aromatic rings. The molecule has 0 aliphatic heterocycles. The number of aryl methyl sites for hydroxylation is 2. The predicted octanol–water partition coefficient (Wildman–Crippen LogP) is 7.45. The van der Waals surface area contributed by atoms with E-state index in [1.165, 1.54) is 42.2 Å². The zero-order valence-corrected chi connectivity index (χ0v) is 32.4. The van der Waals surface area contributed by atoms with E-state index in [9.17, 15) is 0 Å². The number of benzene rings is 6. The van der Waals surface area contributed by atoms with E-state index >= 15 is 0 Å². The van der Waals surface area contributed by atoms with E-state index in [1.54, 1.807) is 0 Å². The lowest BCUT2D eigenvalue weighted by Gasteiger charge is -2.43. The molecule has 0 aliphatic carbocycles. The van der Waals surface area contributed by atoms with Crippen molar-refractivity contribution in [3.8, 4) is 0 Å². The van der Waals surface area contributed by atoms with E-state index in [1.807, 2.05) is 0 Å². The number of rotatable bonds is 13. The van der Waals surface area contributed by atoms with Gasteiger partial charge in [-0.3, -0.25) is 0 Å². The van der Waals surface area contributed by atoms with Crippen molar-refractivity contribution in [2.45, 2.75) is 64.8 Å². The second kappa shape index (κ2) is 14.9. The Kier molecular flexibility index (Phi) is 10.6. The molecular weight excluding hydrogens is 641 g/mol. The summed E-state index contributed by atoms with van der Waals surface area (Å²) in [5.41, 5.74) is 1.40. The molecule has 0 unspecified atom stereocenters. The maximum Gasteiger partial charge on any atom is 0.151 e. The molecule has 0 fully saturated rings. The van der Waals surface area contributed by atoms with Crippen LogP contribution in [0, 0.1) is 13.8 Å². The second-order valence-corrected chi connectivity index (χ2v) is 22.7. The zero-order valence-electron chi connectivity index (χ0n) is 30.4. The molecule has 4 heteroatoms. The van der Waals surface area contributed by atoms with E-state index in [0.717, 1.165) is 12.1 Å². The van der Waals surface area contributed by atoms with E-state index in [-0.39, 0.29) is 0 Å². The van der Waals surface area contributed by atoms with Crippen molar-refractivity contribution in [3.05, 3.63) is 181 Å². The van der Waals surface area contributed by atoms with Gasteiger partial charge in [-0.25, -0.2) is 9.78 Å². The maximum atomic E-state index is 6.79. The average Bonchev–Trinajstić information content (AvgIpc) is 3.14. The van der Waals surface area contributed by atoms with Crippen molar-refractivity contribution in [3.63, 3.8) is 0 Å². The van der Waals surface area contributed by atoms with Gasteiger partial charge < -0.3 is 0 Å². The summed E-state index contributed by atoms with van der Waals surface area (Å²) < 4.78 is 0. The summed E-state index contributed by atoms with van der Waals surface area (Å²) in [4.78, 5) is 13.6. The lowest BCUT2D eigenvalue weighted by molar-refractivity contribution is -0.393. The monoisotopic (exact) mass is 690 g/mol. The lowest BCUT2D eigenvalue weighted by atomic mass is 10.2. The molecular formula is C46H50O2Si2. The van der Waals surface area contributed by atoms with Crippen LogP contribution in [0.15, 0.2) is 170 Å². The van der Waals surface area contributed by atoms with Crippen LogP contribution < -0.4 is 31.1 Å². The molecule has 0 saturated carbocycles. The van der Waals surface area contributed by atoms with Gasteiger partial charge in [0.15, 0.2) is 16.1 Å². The van der Waals surface area contributed by atoms with Crippen LogP contribution in [-0.2, 0) is 9.78 Å². The fourth-order valence-electron chi connectivity index (χ4n) is 8.11. The Morgan fingerprint density at radius 3 is 0.860 bits per heavy atom. The normalized spacial score (nSPS) is 12.5. The van der Waals surface area contributed by atoms with Crippen LogP contribution in [0.5, 0.6) is 0 Å². The van der Waals surface area contributed by atoms with E-state index < -0.39 is 27.3 Å². The molecule has 0 amide bonds. The summed E-state index contributed by atoms with van der Waals surface area (Å²) in [5, 5.41) is 8.30. The Labute approximate surface area is 301 Å². The highest BCUT2D eigenvalue weighted by Crippen LogP contribution is 2.31. The van der Waals surface area contributed by atoms with Crippen molar-refractivity contribution in [1.82, 2.24) is 0 Å². The predicted molar refractivity (Wildman–Crippen MR) is 217 cm³/mol. The van der Waals surface area contributed by atoms with Crippen LogP contribution in [0.4, 0.5) is 0 Å². The minimum atomic E-state index is -2.61. The van der Waals surface area contributed by atoms with Crippen molar-refractivity contribution in [2.24, 2.45) is 0 Å². The van der Waals surface area contributed by atoms with Crippen molar-refractivity contribution >= 4 is 47.3 Å². The Morgan fingerprint density at radius 2 is 0.600 bits per heavy atom. The van der Waals surface area contributed by atoms with Crippen LogP contribution in [0.25, 0.3) is 0 Å². The van der Waals surface area contributed by atoms with Gasteiger partial charge in [0.1, 0.15) is 0 Å². The smallest absolute Gasteiger partial charge is 0.151 e. The first-order valence-corrected chi connectivity index (χ1v) is 22.2. The van der Waals surface area contributed by atoms with Crippen LogP contribution >= 0.6 is 0 Å². The fraction of sp³-hybridized carbons (Fsp3) is 0.217. The van der Waals surface area contributed by atoms with Crippen molar-refractivity contribution < 1.29 is 9.78 Å². The highest BCUT2D eigenvalue weighted by molar-refractivity contribution is 7.12. The van der Waals surface area contributed by atoms with Crippen LogP contribution in [0.3, 0.4) is 0 Å². The molecule has 0 aromatic heterocycles. The van der Waals surface area contributed by atoms with Gasteiger partial charge in [-0.05, 0) is 84.8 Å². The first-order valence-electron chi connectivity index (χ1n) is 17.8. The van der Waals surface area contributed by atoms with Gasteiger partial charge in [0, 0.05) is 0 Å². The van der Waals surface area contributed by atoms with Crippen LogP contribution in [0.2, 0.25) is 12.1 Å². The molecule has 0 atom stereocenters. The molecule has 254 valence electrons. The SMILES string of the molecule is Cc1ccccc1[Si](CC(C)(C)OOC(C)(C)C[Si](c1ccccc1)(c1ccccc1)c1ccccc1C)(c1ccccc1)c1ccccc1. The van der Waals surface area contributed by atoms with Crippen LogP contribution in [0.1, 0.15) is 38.8 Å². The van der Waals surface area contributed by atoms with Gasteiger partial charge in [0.2, 0.25) is 0 Å². The summed E-state index contributed by atoms with van der Waals surface area (Å²) in [6.45, 7) is 13.3. The van der Waals surface area contributed by atoms with E-state index in [4.69, 9.17) is 9.78 Å². The number of hydrogen-bond acceptors (Lipinski definition) is 2. The largest absolute Gasteiger partial charge is 0.230 e. The standard InChI is InChI=1S/C46H50O2Si2/c1-37-23-19-21-33-43(37)49(39-25-11-7-12-26-39,40-27-13-8-14-28-40)35-45(3,4)47-48-46(5,6)36-50(41-29-15-9-16-30-41,42-31-17-10-18-32-42)44-34-22-20-24-38(44)2/h7-34H,35-36H2,1-6H3. The Morgan fingerprint density at radius 1 is 0.360 bits per heavy atom. The van der Waals surface area contributed by atoms with Gasteiger partial charge in [-0.1, -0.05) is 181 Å². The molecule has 6 rings (SSSR count). The third-order valence-electron chi connectivity index (χ3n) is 10.2. The van der Waals surface area contributed by atoms with E-state index in [2.05, 4.69) is 211 Å². The maximum absolute atomic E-state index is 6.79. The second-order valence-electron chi connectivity index (χ2n) is 14.9. The molecule has 6 aromatic carbocycles. The lowest BCUT2D eigenvalue weighted by Crippen LogP contribution is -2.70. The summed E-state index contributed by atoms with van der Waals surface area (Å²) >= 11 is 0. The highest BCUT2D eigenvalue weighted by atomic mass is 28.3. The molecule has 0 aliphatic rings.